The molecule has 0 aliphatic rings. The summed E-state index contributed by atoms with van der Waals surface area (Å²) in [6, 6.07) is 7.98. The number of hydrogen-bond acceptors (Lipinski definition) is 5. The van der Waals surface area contributed by atoms with E-state index < -0.39 is 5.97 Å². The minimum absolute atomic E-state index is 0.303. The smallest absolute Gasteiger partial charge is 0.337 e. The van der Waals surface area contributed by atoms with Crippen molar-refractivity contribution in [1.29, 1.82) is 0 Å². The fraction of sp³-hybridized carbons (Fsp3) is 0.316. The molecule has 1 aromatic carbocycles. The quantitative estimate of drug-likeness (QED) is 0.528. The van der Waals surface area contributed by atoms with Crippen LogP contribution < -0.4 is 10.6 Å². The van der Waals surface area contributed by atoms with Crippen molar-refractivity contribution in [2.24, 2.45) is 0 Å². The van der Waals surface area contributed by atoms with Gasteiger partial charge in [-0.2, -0.15) is 0 Å². The number of esters is 1. The summed E-state index contributed by atoms with van der Waals surface area (Å²) >= 11 is 6.09. The van der Waals surface area contributed by atoms with Crippen molar-refractivity contribution in [3.05, 3.63) is 52.7 Å². The third-order valence-corrected chi connectivity index (χ3v) is 4.08. The number of carbonyl (C=O) groups is 2. The van der Waals surface area contributed by atoms with Crippen LogP contribution in [-0.2, 0) is 4.74 Å². The number of unbranched alkanes of at least 4 members (excludes halogenated alkanes) is 2. The Bertz CT molecular complexity index is 763. The molecule has 0 bridgehead atoms. The van der Waals surface area contributed by atoms with E-state index in [4.69, 9.17) is 11.6 Å². The van der Waals surface area contributed by atoms with Gasteiger partial charge in [0.15, 0.2) is 0 Å². The van der Waals surface area contributed by atoms with E-state index in [1.807, 2.05) is 0 Å². The van der Waals surface area contributed by atoms with Crippen LogP contribution in [0.1, 0.15) is 46.9 Å². The lowest BCUT2D eigenvalue weighted by molar-refractivity contribution is 0.0600. The van der Waals surface area contributed by atoms with Crippen LogP contribution in [0.3, 0.4) is 0 Å². The molecule has 1 aromatic heterocycles. The Morgan fingerprint density at radius 2 is 1.92 bits per heavy atom. The van der Waals surface area contributed by atoms with Crippen molar-refractivity contribution in [1.82, 2.24) is 4.98 Å². The van der Waals surface area contributed by atoms with E-state index in [0.29, 0.717) is 21.8 Å². The number of rotatable bonds is 8. The van der Waals surface area contributed by atoms with Crippen LogP contribution in [0.5, 0.6) is 0 Å². The lowest BCUT2D eigenvalue weighted by Crippen LogP contribution is -2.14. The molecule has 2 aromatic rings. The van der Waals surface area contributed by atoms with Crippen LogP contribution in [0.4, 0.5) is 11.5 Å². The summed E-state index contributed by atoms with van der Waals surface area (Å²) in [6.45, 7) is 3.00. The second-order valence-corrected chi connectivity index (χ2v) is 6.11. The van der Waals surface area contributed by atoms with Gasteiger partial charge in [0.05, 0.1) is 28.9 Å². The zero-order valence-corrected chi connectivity index (χ0v) is 15.6. The zero-order chi connectivity index (χ0) is 18.9. The number of nitrogens with one attached hydrogen (secondary N) is 2. The number of carbonyl (C=O) groups excluding carboxylic acids is 2. The molecule has 26 heavy (non-hydrogen) atoms. The van der Waals surface area contributed by atoms with E-state index in [1.54, 1.807) is 12.1 Å². The minimum Gasteiger partial charge on any atom is -0.465 e. The van der Waals surface area contributed by atoms with E-state index in [0.717, 1.165) is 25.2 Å². The van der Waals surface area contributed by atoms with Crippen LogP contribution >= 0.6 is 11.6 Å². The van der Waals surface area contributed by atoms with Crippen LogP contribution in [-0.4, -0.2) is 30.5 Å². The monoisotopic (exact) mass is 375 g/mol. The normalized spacial score (nSPS) is 10.3. The van der Waals surface area contributed by atoms with Crippen molar-refractivity contribution in [2.45, 2.75) is 26.2 Å². The van der Waals surface area contributed by atoms with Crippen molar-refractivity contribution < 1.29 is 14.3 Å². The van der Waals surface area contributed by atoms with Gasteiger partial charge in [-0.1, -0.05) is 31.4 Å². The molecule has 2 N–H and O–H groups in total. The Labute approximate surface area is 157 Å². The van der Waals surface area contributed by atoms with Gasteiger partial charge in [-0.25, -0.2) is 9.78 Å². The van der Waals surface area contributed by atoms with E-state index in [1.165, 1.54) is 37.9 Å². The molecule has 0 aliphatic heterocycles. The number of nitrogens with zero attached hydrogens (tertiary/aromatic N) is 1. The summed E-state index contributed by atoms with van der Waals surface area (Å²) in [7, 11) is 1.29. The molecule has 2 rings (SSSR count). The first-order valence-corrected chi connectivity index (χ1v) is 8.82. The summed E-state index contributed by atoms with van der Waals surface area (Å²) in [6.07, 6.45) is 4.90. The second kappa shape index (κ2) is 9.77. The van der Waals surface area contributed by atoms with Crippen molar-refractivity contribution >= 4 is 35.0 Å². The molecule has 0 saturated carbocycles. The molecule has 1 amide bonds. The Balaban J connectivity index is 2.02. The van der Waals surface area contributed by atoms with Crippen LogP contribution in [0.25, 0.3) is 0 Å². The number of hydrogen-bond donors (Lipinski definition) is 2. The molecular weight excluding hydrogens is 354 g/mol. The Kier molecular flexibility index (Phi) is 7.41. The van der Waals surface area contributed by atoms with Gasteiger partial charge >= 0.3 is 5.97 Å². The zero-order valence-electron chi connectivity index (χ0n) is 14.8. The lowest BCUT2D eigenvalue weighted by Gasteiger charge is -2.10. The Morgan fingerprint density at radius 1 is 1.15 bits per heavy atom. The highest BCUT2D eigenvalue weighted by molar-refractivity contribution is 6.34. The average Bonchev–Trinajstić information content (AvgIpc) is 2.66. The van der Waals surface area contributed by atoms with Gasteiger partial charge in [-0.05, 0) is 36.8 Å². The summed E-state index contributed by atoms with van der Waals surface area (Å²) in [5.41, 5.74) is 1.03. The molecular formula is C19H22ClN3O3. The predicted molar refractivity (Wildman–Crippen MR) is 103 cm³/mol. The number of methoxy groups -OCH3 is 1. The first-order valence-electron chi connectivity index (χ1n) is 8.44. The molecule has 6 nitrogen and oxygen atoms in total. The van der Waals surface area contributed by atoms with Crippen LogP contribution in [0, 0.1) is 0 Å². The van der Waals surface area contributed by atoms with E-state index in [-0.39, 0.29) is 5.91 Å². The minimum atomic E-state index is -0.502. The fourth-order valence-corrected chi connectivity index (χ4v) is 2.45. The van der Waals surface area contributed by atoms with E-state index >= 15 is 0 Å². The van der Waals surface area contributed by atoms with Crippen LogP contribution in [0.2, 0.25) is 5.02 Å². The highest BCUT2D eigenvalue weighted by atomic mass is 35.5. The third kappa shape index (κ3) is 5.46. The van der Waals surface area contributed by atoms with Crippen molar-refractivity contribution in [3.8, 4) is 0 Å². The maximum atomic E-state index is 12.4. The molecule has 0 fully saturated rings. The topological polar surface area (TPSA) is 80.3 Å². The maximum absolute atomic E-state index is 12.4. The molecule has 7 heteroatoms. The SMILES string of the molecule is CCCCCNc1ccc(C(=O)Nc2cc(C(=O)OC)ccc2Cl)cn1. The lowest BCUT2D eigenvalue weighted by atomic mass is 10.2. The number of halogens is 1. The molecule has 0 unspecified atom stereocenters. The van der Waals surface area contributed by atoms with Gasteiger partial charge in [0, 0.05) is 12.7 Å². The second-order valence-electron chi connectivity index (χ2n) is 5.71. The highest BCUT2D eigenvalue weighted by Gasteiger charge is 2.13. The largest absolute Gasteiger partial charge is 0.465 e. The summed E-state index contributed by atoms with van der Waals surface area (Å²) in [5, 5.41) is 6.23. The van der Waals surface area contributed by atoms with E-state index in [9.17, 15) is 9.59 Å². The molecule has 0 radical (unpaired) electrons. The van der Waals surface area contributed by atoms with Gasteiger partial charge in [0.2, 0.25) is 0 Å². The summed E-state index contributed by atoms with van der Waals surface area (Å²) < 4.78 is 4.67. The number of benzene rings is 1. The number of pyridine rings is 1. The van der Waals surface area contributed by atoms with Crippen molar-refractivity contribution in [2.75, 3.05) is 24.3 Å². The fourth-order valence-electron chi connectivity index (χ4n) is 2.28. The molecule has 1 heterocycles. The first-order chi connectivity index (χ1) is 12.5. The van der Waals surface area contributed by atoms with Crippen LogP contribution in [0.15, 0.2) is 36.5 Å². The average molecular weight is 376 g/mol. The number of aromatic nitrogens is 1. The number of ether oxygens (including phenoxy) is 1. The highest BCUT2D eigenvalue weighted by Crippen LogP contribution is 2.24. The number of amides is 1. The molecule has 0 spiro atoms. The van der Waals surface area contributed by atoms with Gasteiger partial charge in [0.1, 0.15) is 5.82 Å². The molecule has 0 atom stereocenters. The van der Waals surface area contributed by atoms with Gasteiger partial charge in [-0.3, -0.25) is 4.79 Å². The number of anilines is 2. The molecule has 138 valence electrons. The summed E-state index contributed by atoms with van der Waals surface area (Å²) in [5.74, 6) is -0.139. The maximum Gasteiger partial charge on any atom is 0.337 e. The standard InChI is InChI=1S/C19H22ClN3O3/c1-3-4-5-10-21-17-9-7-14(12-22-17)18(24)23-16-11-13(19(25)26-2)6-8-15(16)20/h6-9,11-12H,3-5,10H2,1-2H3,(H,21,22)(H,23,24). The van der Waals surface area contributed by atoms with Gasteiger partial charge < -0.3 is 15.4 Å². The molecule has 0 aliphatic carbocycles. The van der Waals surface area contributed by atoms with Gasteiger partial charge in [-0.15, -0.1) is 0 Å². The summed E-state index contributed by atoms with van der Waals surface area (Å²) in [4.78, 5) is 28.2. The van der Waals surface area contributed by atoms with E-state index in [2.05, 4.69) is 27.3 Å². The molecule has 0 saturated heterocycles. The van der Waals surface area contributed by atoms with Crippen molar-refractivity contribution in [3.63, 3.8) is 0 Å². The Morgan fingerprint density at radius 3 is 2.58 bits per heavy atom. The Hall–Kier alpha value is -2.60. The van der Waals surface area contributed by atoms with Gasteiger partial charge in [0.25, 0.3) is 5.91 Å². The third-order valence-electron chi connectivity index (χ3n) is 3.75. The first kappa shape index (κ1) is 19.7. The predicted octanol–water partition coefficient (Wildman–Crippen LogP) is 4.38.